The van der Waals surface area contributed by atoms with Crippen LogP contribution in [0.3, 0.4) is 0 Å². The van der Waals surface area contributed by atoms with Crippen molar-refractivity contribution in [3.05, 3.63) is 108 Å². The van der Waals surface area contributed by atoms with Crippen LogP contribution in [-0.2, 0) is 23.8 Å². The quantitative estimate of drug-likeness (QED) is 0.401. The number of hydrogen-bond donors (Lipinski definition) is 0. The Morgan fingerprint density at radius 2 is 1.52 bits per heavy atom. The molecule has 5 rings (SSSR count). The van der Waals surface area contributed by atoms with Gasteiger partial charge in [0.25, 0.3) is 0 Å². The molecule has 1 radical (unpaired) electrons. The molecule has 4 heteroatoms. The molecule has 0 bridgehead atoms. The van der Waals surface area contributed by atoms with Crippen molar-refractivity contribution < 1.29 is 42.2 Å². The molecule has 1 aliphatic carbocycles. The number of allylic oxidation sites excluding steroid dienone is 4. The van der Waals surface area contributed by atoms with Gasteiger partial charge in [-0.3, -0.25) is 4.98 Å². The molecule has 0 unspecified atom stereocenters. The van der Waals surface area contributed by atoms with E-state index < -0.39 is 0 Å². The third-order valence-corrected chi connectivity index (χ3v) is 5.08. The monoisotopic (exact) mass is 454 g/mol. The second kappa shape index (κ2) is 10.1. The standard InChI is InChI=1S/C25H18N.2ClH.Cr/c1-2-11-23-19(6-1)7-3-9-21(23)16-18-13-14-22(17-18)24-12-4-8-20-10-5-15-26-25(20)24;;;/h1-13,15H,14,16H2;2*1H;/q-1;;;+3/p-2. The third kappa shape index (κ3) is 4.58. The molecule has 1 aromatic heterocycles. The van der Waals surface area contributed by atoms with Crippen LogP contribution in [0.25, 0.3) is 27.2 Å². The first-order chi connectivity index (χ1) is 12.9. The molecule has 1 heterocycles. The summed E-state index contributed by atoms with van der Waals surface area (Å²) in [5.74, 6) is 0. The van der Waals surface area contributed by atoms with E-state index in [9.17, 15) is 0 Å². The van der Waals surface area contributed by atoms with Gasteiger partial charge < -0.3 is 24.8 Å². The zero-order valence-electron chi connectivity index (χ0n) is 15.6. The molecule has 143 valence electrons. The van der Waals surface area contributed by atoms with Crippen molar-refractivity contribution in [2.45, 2.75) is 12.8 Å². The van der Waals surface area contributed by atoms with Crippen molar-refractivity contribution in [3.63, 3.8) is 0 Å². The van der Waals surface area contributed by atoms with Gasteiger partial charge in [-0.15, -0.1) is 6.07 Å². The number of benzene rings is 3. The van der Waals surface area contributed by atoms with Gasteiger partial charge >= 0.3 is 17.4 Å². The fourth-order valence-electron chi connectivity index (χ4n) is 3.81. The molecule has 29 heavy (non-hydrogen) atoms. The molecule has 1 nitrogen and oxygen atoms in total. The Morgan fingerprint density at radius 1 is 0.793 bits per heavy atom. The van der Waals surface area contributed by atoms with E-state index in [0.717, 1.165) is 18.4 Å². The number of para-hydroxylation sites is 1. The number of hydrogen-bond acceptors (Lipinski definition) is 1. The summed E-state index contributed by atoms with van der Waals surface area (Å²) in [6, 6.07) is 25.6. The molecule has 1 aliphatic rings. The van der Waals surface area contributed by atoms with Gasteiger partial charge in [-0.1, -0.05) is 72.6 Å². The van der Waals surface area contributed by atoms with Crippen molar-refractivity contribution in [1.29, 1.82) is 0 Å². The summed E-state index contributed by atoms with van der Waals surface area (Å²) in [4.78, 5) is 4.59. The number of halogens is 2. The molecular weight excluding hydrogens is 437 g/mol. The topological polar surface area (TPSA) is 12.9 Å². The summed E-state index contributed by atoms with van der Waals surface area (Å²) >= 11 is 0. The van der Waals surface area contributed by atoms with E-state index in [4.69, 9.17) is 0 Å². The van der Waals surface area contributed by atoms with Crippen LogP contribution in [0.2, 0.25) is 0 Å². The first kappa shape index (κ1) is 23.2. The van der Waals surface area contributed by atoms with Gasteiger partial charge in [0, 0.05) is 11.7 Å². The van der Waals surface area contributed by atoms with Crippen molar-refractivity contribution in [3.8, 4) is 0 Å². The van der Waals surface area contributed by atoms with Crippen molar-refractivity contribution >= 4 is 27.2 Å². The average Bonchev–Trinajstić information content (AvgIpc) is 3.16. The Labute approximate surface area is 194 Å². The Balaban J connectivity index is 0.000001000. The summed E-state index contributed by atoms with van der Waals surface area (Å²) in [6.07, 6.45) is 9.67. The van der Waals surface area contributed by atoms with Crippen LogP contribution in [0.5, 0.6) is 0 Å². The number of pyridine rings is 1. The van der Waals surface area contributed by atoms with Crippen molar-refractivity contribution in [2.75, 3.05) is 0 Å². The van der Waals surface area contributed by atoms with E-state index in [0.29, 0.717) is 0 Å². The van der Waals surface area contributed by atoms with Crippen LogP contribution in [0.4, 0.5) is 0 Å². The summed E-state index contributed by atoms with van der Waals surface area (Å²) < 4.78 is 0. The van der Waals surface area contributed by atoms with Gasteiger partial charge in [0.1, 0.15) is 0 Å². The molecule has 0 atom stereocenters. The maximum absolute atomic E-state index is 4.59. The van der Waals surface area contributed by atoms with Crippen LogP contribution in [0.1, 0.15) is 17.5 Å². The fraction of sp³-hybridized carbons (Fsp3) is 0.0800. The van der Waals surface area contributed by atoms with Crippen LogP contribution >= 0.6 is 0 Å². The molecule has 0 saturated heterocycles. The second-order valence-corrected chi connectivity index (χ2v) is 6.73. The van der Waals surface area contributed by atoms with E-state index in [-0.39, 0.29) is 42.2 Å². The zero-order chi connectivity index (χ0) is 17.3. The predicted octanol–water partition coefficient (Wildman–Crippen LogP) is 0.153. The second-order valence-electron chi connectivity index (χ2n) is 6.73. The summed E-state index contributed by atoms with van der Waals surface area (Å²) in [7, 11) is 0. The Kier molecular flexibility index (Phi) is 8.08. The SMILES string of the molecule is [C-]1=C(c2cccc3cccnc23)CC=C1Cc1cccc2ccccc12.[Cl-].[Cl-].[Cr+3]. The van der Waals surface area contributed by atoms with Crippen LogP contribution in [0.15, 0.2) is 90.6 Å². The molecule has 0 N–H and O–H groups in total. The van der Waals surface area contributed by atoms with E-state index in [1.165, 1.54) is 38.4 Å². The van der Waals surface area contributed by atoms with Crippen LogP contribution in [0, 0.1) is 6.08 Å². The number of rotatable bonds is 3. The maximum Gasteiger partial charge on any atom is 3.00 e. The van der Waals surface area contributed by atoms with E-state index in [1.807, 2.05) is 12.3 Å². The number of aromatic nitrogens is 1. The number of nitrogens with zero attached hydrogens (tertiary/aromatic N) is 1. The van der Waals surface area contributed by atoms with Crippen LogP contribution < -0.4 is 24.8 Å². The van der Waals surface area contributed by atoms with Gasteiger partial charge in [0.2, 0.25) is 0 Å². The van der Waals surface area contributed by atoms with E-state index in [2.05, 4.69) is 83.9 Å². The van der Waals surface area contributed by atoms with Gasteiger partial charge in [-0.25, -0.2) is 0 Å². The van der Waals surface area contributed by atoms with E-state index in [1.54, 1.807) is 0 Å². The molecule has 3 aromatic carbocycles. The first-order valence-electron chi connectivity index (χ1n) is 9.01. The van der Waals surface area contributed by atoms with Crippen molar-refractivity contribution in [2.24, 2.45) is 0 Å². The first-order valence-corrected chi connectivity index (χ1v) is 9.01. The molecule has 0 amide bonds. The Morgan fingerprint density at radius 3 is 2.41 bits per heavy atom. The minimum absolute atomic E-state index is 0. The third-order valence-electron chi connectivity index (χ3n) is 5.08. The minimum Gasteiger partial charge on any atom is -1.00 e. The average molecular weight is 455 g/mol. The van der Waals surface area contributed by atoms with Gasteiger partial charge in [0.15, 0.2) is 0 Å². The predicted molar refractivity (Wildman–Crippen MR) is 109 cm³/mol. The molecular formula is C25H18Cl2CrN. The summed E-state index contributed by atoms with van der Waals surface area (Å²) in [5, 5.41) is 3.81. The van der Waals surface area contributed by atoms with Crippen LogP contribution in [-0.4, -0.2) is 4.98 Å². The van der Waals surface area contributed by atoms with Gasteiger partial charge in [-0.05, 0) is 34.2 Å². The molecule has 4 aromatic rings. The van der Waals surface area contributed by atoms with Crippen molar-refractivity contribution in [1.82, 2.24) is 4.98 Å². The molecule has 0 spiro atoms. The fourth-order valence-corrected chi connectivity index (χ4v) is 3.81. The Hall–Kier alpha value is -2.08. The molecule has 0 saturated carbocycles. The summed E-state index contributed by atoms with van der Waals surface area (Å²) in [5.41, 5.74) is 6.14. The van der Waals surface area contributed by atoms with E-state index >= 15 is 0 Å². The largest absolute Gasteiger partial charge is 3.00 e. The summed E-state index contributed by atoms with van der Waals surface area (Å²) in [6.45, 7) is 0. The van der Waals surface area contributed by atoms with Gasteiger partial charge in [0.05, 0.1) is 0 Å². The number of fused-ring (bicyclic) bond motifs is 2. The molecule has 0 fully saturated rings. The minimum atomic E-state index is 0. The Bertz CT molecular complexity index is 1190. The zero-order valence-corrected chi connectivity index (χ0v) is 18.4. The smallest absolute Gasteiger partial charge is 1.00 e. The molecule has 0 aliphatic heterocycles. The maximum atomic E-state index is 4.59. The van der Waals surface area contributed by atoms with Gasteiger partial charge in [-0.2, -0.15) is 23.3 Å². The normalized spacial score (nSPS) is 12.4.